The molecule has 2 fully saturated rings. The molecular weight excluding hydrogens is 526 g/mol. The molecule has 0 bridgehead atoms. The van der Waals surface area contributed by atoms with Gasteiger partial charge in [0.05, 0.1) is 10.4 Å². The summed E-state index contributed by atoms with van der Waals surface area (Å²) < 4.78 is 5.49. The zero-order chi connectivity index (χ0) is 28.5. The van der Waals surface area contributed by atoms with Gasteiger partial charge in [-0.05, 0) is 57.6 Å². The number of amides is 2. The zero-order valence-electron chi connectivity index (χ0n) is 23.1. The van der Waals surface area contributed by atoms with Crippen LogP contribution in [0.1, 0.15) is 79.9 Å². The number of nitrogens with zero attached hydrogens (tertiary/aromatic N) is 5. The van der Waals surface area contributed by atoms with E-state index in [-0.39, 0.29) is 18.0 Å². The highest BCUT2D eigenvalue weighted by atomic mass is 32.1. The molecule has 0 atom stereocenters. The number of carbonyl (C=O) groups is 2. The molecule has 0 spiro atoms. The maximum Gasteiger partial charge on any atom is 0.410 e. The first-order valence-corrected chi connectivity index (χ1v) is 14.4. The lowest BCUT2D eigenvalue weighted by atomic mass is 9.63. The highest BCUT2D eigenvalue weighted by molar-refractivity contribution is 7.09. The molecule has 0 radical (unpaired) electrons. The highest BCUT2D eigenvalue weighted by Crippen LogP contribution is 2.44. The zero-order valence-corrected chi connectivity index (χ0v) is 23.9. The van der Waals surface area contributed by atoms with E-state index in [2.05, 4.69) is 19.9 Å². The van der Waals surface area contributed by atoms with Gasteiger partial charge in [-0.25, -0.2) is 19.7 Å². The molecule has 10 nitrogen and oxygen atoms in total. The van der Waals surface area contributed by atoms with Gasteiger partial charge in [0.2, 0.25) is 5.95 Å². The highest BCUT2D eigenvalue weighted by Gasteiger charge is 2.43. The van der Waals surface area contributed by atoms with Crippen LogP contribution in [0.3, 0.4) is 0 Å². The summed E-state index contributed by atoms with van der Waals surface area (Å²) in [4.78, 5) is 44.3. The van der Waals surface area contributed by atoms with Crippen molar-refractivity contribution in [3.05, 3.63) is 58.3 Å². The first-order chi connectivity index (χ1) is 19.0. The molecule has 5 rings (SSSR count). The van der Waals surface area contributed by atoms with Crippen molar-refractivity contribution < 1.29 is 14.3 Å². The summed E-state index contributed by atoms with van der Waals surface area (Å²) >= 11 is 1.46. The second kappa shape index (κ2) is 11.0. The van der Waals surface area contributed by atoms with Crippen molar-refractivity contribution in [2.75, 3.05) is 18.8 Å². The molecule has 1 saturated carbocycles. The lowest BCUT2D eigenvalue weighted by Crippen LogP contribution is -2.47. The Balaban J connectivity index is 1.24. The number of hydrogen-bond donors (Lipinski definition) is 2. The number of amidine groups is 1. The van der Waals surface area contributed by atoms with Crippen LogP contribution in [0.15, 0.2) is 47.0 Å². The fourth-order valence-electron chi connectivity index (χ4n) is 5.17. The molecule has 1 aliphatic heterocycles. The maximum atomic E-state index is 13.1. The van der Waals surface area contributed by atoms with Gasteiger partial charge in [-0.1, -0.05) is 30.7 Å². The van der Waals surface area contributed by atoms with E-state index in [0.29, 0.717) is 24.6 Å². The van der Waals surface area contributed by atoms with Gasteiger partial charge in [-0.15, -0.1) is 11.3 Å². The second-order valence-corrected chi connectivity index (χ2v) is 12.3. The van der Waals surface area contributed by atoms with Gasteiger partial charge >= 0.3 is 6.09 Å². The number of hydrogen-bond acceptors (Lipinski definition) is 8. The molecule has 1 aliphatic carbocycles. The number of rotatable bonds is 5. The molecule has 11 heteroatoms. The van der Waals surface area contributed by atoms with E-state index in [1.165, 1.54) is 11.3 Å². The minimum absolute atomic E-state index is 0.189. The lowest BCUT2D eigenvalue weighted by molar-refractivity contribution is 0.0204. The van der Waals surface area contributed by atoms with Crippen molar-refractivity contribution in [3.8, 4) is 11.1 Å². The first kappa shape index (κ1) is 27.7. The molecule has 2 amide bonds. The summed E-state index contributed by atoms with van der Waals surface area (Å²) in [6.45, 7) is 6.79. The normalized spacial score (nSPS) is 17.8. The van der Waals surface area contributed by atoms with Crippen LogP contribution in [0, 0.1) is 0 Å². The van der Waals surface area contributed by atoms with Crippen molar-refractivity contribution in [2.45, 2.75) is 69.8 Å². The van der Waals surface area contributed by atoms with Gasteiger partial charge in [-0.3, -0.25) is 4.79 Å². The Labute approximate surface area is 237 Å². The Bertz CT molecular complexity index is 1400. The van der Waals surface area contributed by atoms with Crippen molar-refractivity contribution >= 4 is 35.1 Å². The number of ether oxygens (including phenoxy) is 1. The van der Waals surface area contributed by atoms with E-state index in [1.54, 1.807) is 22.7 Å². The standard InChI is InChI=1S/C29H35N7O3S/c1-28(2,3)39-27(38)36-13-9-19(10-14-36)24-34-22(17-40-24)23(37)35-25(30)29(11-4-12-29)21-7-5-18(6-8-21)20-15-32-26(31)33-16-20/h5-8,15-17,19H,4,9-14H2,1-3H3,(H2,30,35,37)(H2,31,32,33). The number of nitrogens with two attached hydrogens (primary N) is 2. The van der Waals surface area contributed by atoms with E-state index in [9.17, 15) is 9.59 Å². The third kappa shape index (κ3) is 5.84. The summed E-state index contributed by atoms with van der Waals surface area (Å²) in [7, 11) is 0. The quantitative estimate of drug-likeness (QED) is 0.329. The summed E-state index contributed by atoms with van der Waals surface area (Å²) in [5, 5.41) is 2.65. The SMILES string of the molecule is CC(C)(C)OC(=O)N1CCC(c2nc(C(=O)N=C(N)C3(c4ccc(-c5cnc(N)nc5)cc4)CCC3)cs2)CC1. The van der Waals surface area contributed by atoms with Crippen LogP contribution in [-0.2, 0) is 10.2 Å². The lowest BCUT2D eigenvalue weighted by Gasteiger charge is -2.41. The summed E-state index contributed by atoms with van der Waals surface area (Å²) in [6.07, 6.45) is 7.32. The fraction of sp³-hybridized carbons (Fsp3) is 0.448. The summed E-state index contributed by atoms with van der Waals surface area (Å²) in [5.74, 6) is 0.327. The molecule has 2 aromatic heterocycles. The molecule has 210 valence electrons. The van der Waals surface area contributed by atoms with E-state index >= 15 is 0 Å². The van der Waals surface area contributed by atoms with Crippen molar-refractivity contribution in [1.82, 2.24) is 19.9 Å². The topological polar surface area (TPSA) is 150 Å². The summed E-state index contributed by atoms with van der Waals surface area (Å²) in [6, 6.07) is 8.06. The number of carbonyl (C=O) groups excluding carboxylic acids is 2. The average molecular weight is 562 g/mol. The Morgan fingerprint density at radius 1 is 1.07 bits per heavy atom. The molecule has 3 aromatic rings. The van der Waals surface area contributed by atoms with E-state index < -0.39 is 16.9 Å². The number of thiazole rings is 1. The Kier molecular flexibility index (Phi) is 7.59. The monoisotopic (exact) mass is 561 g/mol. The summed E-state index contributed by atoms with van der Waals surface area (Å²) in [5.41, 5.74) is 14.3. The van der Waals surface area contributed by atoms with Gasteiger partial charge in [0.25, 0.3) is 5.91 Å². The van der Waals surface area contributed by atoms with Gasteiger partial charge in [0, 0.05) is 42.3 Å². The number of benzene rings is 1. The van der Waals surface area contributed by atoms with Crippen LogP contribution in [0.4, 0.5) is 10.7 Å². The van der Waals surface area contributed by atoms with E-state index in [4.69, 9.17) is 16.2 Å². The number of aromatic nitrogens is 3. The third-order valence-electron chi connectivity index (χ3n) is 7.60. The molecule has 3 heterocycles. The predicted molar refractivity (Wildman–Crippen MR) is 155 cm³/mol. The number of piperidine rings is 1. The minimum atomic E-state index is -0.518. The van der Waals surface area contributed by atoms with E-state index in [0.717, 1.165) is 53.8 Å². The van der Waals surface area contributed by atoms with Crippen molar-refractivity contribution in [1.29, 1.82) is 0 Å². The first-order valence-electron chi connectivity index (χ1n) is 13.5. The van der Waals surface area contributed by atoms with Crippen LogP contribution in [0.5, 0.6) is 0 Å². The molecular formula is C29H35N7O3S. The van der Waals surface area contributed by atoms with E-state index in [1.807, 2.05) is 45.0 Å². The van der Waals surface area contributed by atoms with Gasteiger partial charge < -0.3 is 21.1 Å². The molecule has 1 aromatic carbocycles. The number of nitrogen functional groups attached to an aromatic ring is 1. The van der Waals surface area contributed by atoms with Crippen LogP contribution in [-0.4, -0.2) is 56.4 Å². The molecule has 40 heavy (non-hydrogen) atoms. The molecule has 4 N–H and O–H groups in total. The van der Waals surface area contributed by atoms with Crippen molar-refractivity contribution in [2.24, 2.45) is 10.7 Å². The largest absolute Gasteiger partial charge is 0.444 e. The van der Waals surface area contributed by atoms with Crippen molar-refractivity contribution in [3.63, 3.8) is 0 Å². The van der Waals surface area contributed by atoms with Crippen LogP contribution >= 0.6 is 11.3 Å². The second-order valence-electron chi connectivity index (χ2n) is 11.5. The predicted octanol–water partition coefficient (Wildman–Crippen LogP) is 4.92. The van der Waals surface area contributed by atoms with Gasteiger partial charge in [-0.2, -0.15) is 4.99 Å². The maximum absolute atomic E-state index is 13.1. The van der Waals surface area contributed by atoms with Crippen LogP contribution in [0.25, 0.3) is 11.1 Å². The molecule has 1 saturated heterocycles. The fourth-order valence-corrected chi connectivity index (χ4v) is 6.14. The average Bonchev–Trinajstić information content (AvgIpc) is 3.39. The minimum Gasteiger partial charge on any atom is -0.444 e. The number of anilines is 1. The Hall–Kier alpha value is -3.86. The Morgan fingerprint density at radius 2 is 1.73 bits per heavy atom. The smallest absolute Gasteiger partial charge is 0.410 e. The van der Waals surface area contributed by atoms with Crippen LogP contribution < -0.4 is 11.5 Å². The third-order valence-corrected chi connectivity index (χ3v) is 8.61. The van der Waals surface area contributed by atoms with Gasteiger partial charge in [0.1, 0.15) is 17.1 Å². The Morgan fingerprint density at radius 3 is 2.30 bits per heavy atom. The van der Waals surface area contributed by atoms with Gasteiger partial charge in [0.15, 0.2) is 0 Å². The number of aliphatic imine (C=N–C) groups is 1. The molecule has 2 aliphatic rings. The van der Waals surface area contributed by atoms with Crippen LogP contribution in [0.2, 0.25) is 0 Å². The number of likely N-dealkylation sites (tertiary alicyclic amines) is 1. The molecule has 0 unspecified atom stereocenters.